The number of carbonyl (C=O) groups excluding carboxylic acids is 1. The zero-order valence-corrected chi connectivity index (χ0v) is 17.1. The molecule has 144 valence electrons. The normalized spacial score (nSPS) is 12.6. The summed E-state index contributed by atoms with van der Waals surface area (Å²) in [6, 6.07) is 0. The summed E-state index contributed by atoms with van der Waals surface area (Å²) in [5, 5.41) is 0. The summed E-state index contributed by atoms with van der Waals surface area (Å²) in [4.78, 5) is 11.6. The van der Waals surface area contributed by atoms with Crippen molar-refractivity contribution in [3.05, 3.63) is 36.5 Å². The number of allylic oxidation sites excluding steroid dienone is 6. The topological polar surface area (TPSA) is 26.3 Å². The van der Waals surface area contributed by atoms with E-state index in [-0.39, 0.29) is 11.4 Å². The molecule has 0 aliphatic carbocycles. The van der Waals surface area contributed by atoms with E-state index in [2.05, 4.69) is 43.4 Å². The van der Waals surface area contributed by atoms with E-state index in [4.69, 9.17) is 4.74 Å². The highest BCUT2D eigenvalue weighted by Gasteiger charge is 2.22. The van der Waals surface area contributed by atoms with Gasteiger partial charge in [-0.3, -0.25) is 4.79 Å². The van der Waals surface area contributed by atoms with E-state index in [1.807, 2.05) is 20.8 Å². The minimum absolute atomic E-state index is 0.0912. The third-order valence-electron chi connectivity index (χ3n) is 3.89. The molecule has 2 nitrogen and oxygen atoms in total. The van der Waals surface area contributed by atoms with E-state index in [0.29, 0.717) is 6.61 Å². The maximum absolute atomic E-state index is 11.6. The van der Waals surface area contributed by atoms with Crippen LogP contribution in [0.5, 0.6) is 0 Å². The van der Waals surface area contributed by atoms with Crippen LogP contribution in [0.15, 0.2) is 36.5 Å². The molecule has 0 aliphatic rings. The Bertz CT molecular complexity index is 397. The van der Waals surface area contributed by atoms with Crippen molar-refractivity contribution in [3.63, 3.8) is 0 Å². The molecule has 25 heavy (non-hydrogen) atoms. The van der Waals surface area contributed by atoms with Gasteiger partial charge in [-0.25, -0.2) is 0 Å². The van der Waals surface area contributed by atoms with Crippen LogP contribution in [-0.2, 0) is 9.53 Å². The molecule has 0 N–H and O–H groups in total. The van der Waals surface area contributed by atoms with Crippen molar-refractivity contribution in [2.24, 2.45) is 5.41 Å². The van der Waals surface area contributed by atoms with Gasteiger partial charge in [0.05, 0.1) is 12.0 Å². The van der Waals surface area contributed by atoms with Crippen molar-refractivity contribution in [1.29, 1.82) is 0 Å². The van der Waals surface area contributed by atoms with Gasteiger partial charge >= 0.3 is 5.97 Å². The van der Waals surface area contributed by atoms with Crippen LogP contribution in [0.1, 0.15) is 91.9 Å². The molecule has 0 rings (SSSR count). The molecule has 0 amide bonds. The molecular formula is C23H40O2. The minimum atomic E-state index is -0.380. The first-order chi connectivity index (χ1) is 12.0. The Morgan fingerprint density at radius 2 is 1.28 bits per heavy atom. The van der Waals surface area contributed by atoms with Crippen LogP contribution in [0.25, 0.3) is 0 Å². The summed E-state index contributed by atoms with van der Waals surface area (Å²) < 4.78 is 5.27. The lowest BCUT2D eigenvalue weighted by Crippen LogP contribution is -2.23. The highest BCUT2D eigenvalue weighted by molar-refractivity contribution is 5.75. The van der Waals surface area contributed by atoms with Crippen LogP contribution < -0.4 is 0 Å². The van der Waals surface area contributed by atoms with Crippen molar-refractivity contribution < 1.29 is 9.53 Å². The van der Waals surface area contributed by atoms with Crippen LogP contribution in [0.4, 0.5) is 0 Å². The maximum Gasteiger partial charge on any atom is 0.311 e. The van der Waals surface area contributed by atoms with Crippen LogP contribution in [0.3, 0.4) is 0 Å². The Morgan fingerprint density at radius 3 is 1.88 bits per heavy atom. The van der Waals surface area contributed by atoms with E-state index in [1.165, 1.54) is 32.1 Å². The van der Waals surface area contributed by atoms with Crippen molar-refractivity contribution in [3.8, 4) is 0 Å². The van der Waals surface area contributed by atoms with E-state index < -0.39 is 0 Å². The molecule has 0 spiro atoms. The molecule has 2 heteroatoms. The van der Waals surface area contributed by atoms with Gasteiger partial charge in [0.15, 0.2) is 0 Å². The van der Waals surface area contributed by atoms with Gasteiger partial charge in [0.25, 0.3) is 0 Å². The lowest BCUT2D eigenvalue weighted by atomic mass is 9.97. The van der Waals surface area contributed by atoms with Gasteiger partial charge in [-0.2, -0.15) is 0 Å². The number of unbranched alkanes of at least 4 members (excludes halogenated alkanes) is 6. The summed E-state index contributed by atoms with van der Waals surface area (Å²) in [5.41, 5.74) is -0.380. The van der Waals surface area contributed by atoms with Gasteiger partial charge in [0.1, 0.15) is 0 Å². The van der Waals surface area contributed by atoms with Gasteiger partial charge in [-0.05, 0) is 59.3 Å². The Labute approximate surface area is 156 Å². The predicted molar refractivity (Wildman–Crippen MR) is 110 cm³/mol. The molecule has 0 aromatic heterocycles. The number of ether oxygens (including phenoxy) is 1. The van der Waals surface area contributed by atoms with Gasteiger partial charge in [0, 0.05) is 0 Å². The second kappa shape index (κ2) is 16.2. The van der Waals surface area contributed by atoms with E-state index in [1.54, 1.807) is 0 Å². The number of esters is 1. The fraction of sp³-hybridized carbons (Fsp3) is 0.696. The summed E-state index contributed by atoms with van der Waals surface area (Å²) in [6.07, 6.45) is 25.1. The molecule has 0 saturated carbocycles. The fourth-order valence-electron chi connectivity index (χ4n) is 2.28. The molecule has 0 unspecified atom stereocenters. The average molecular weight is 349 g/mol. The summed E-state index contributed by atoms with van der Waals surface area (Å²) in [5.74, 6) is -0.0912. The Morgan fingerprint density at radius 1 is 0.760 bits per heavy atom. The Kier molecular flexibility index (Phi) is 15.3. The van der Waals surface area contributed by atoms with Crippen LogP contribution in [0.2, 0.25) is 0 Å². The summed E-state index contributed by atoms with van der Waals surface area (Å²) >= 11 is 0. The third kappa shape index (κ3) is 17.3. The third-order valence-corrected chi connectivity index (χ3v) is 3.89. The second-order valence-electron chi connectivity index (χ2n) is 7.59. The van der Waals surface area contributed by atoms with E-state index in [9.17, 15) is 4.79 Å². The van der Waals surface area contributed by atoms with Crippen LogP contribution in [0, 0.1) is 5.41 Å². The number of hydrogen-bond donors (Lipinski definition) is 0. The number of carbonyl (C=O) groups is 1. The first-order valence-electron chi connectivity index (χ1n) is 10.1. The highest BCUT2D eigenvalue weighted by atomic mass is 16.5. The van der Waals surface area contributed by atoms with Gasteiger partial charge in [-0.1, -0.05) is 69.1 Å². The first kappa shape index (κ1) is 23.7. The highest BCUT2D eigenvalue weighted by Crippen LogP contribution is 2.15. The second-order valence-corrected chi connectivity index (χ2v) is 7.59. The quantitative estimate of drug-likeness (QED) is 0.189. The Hall–Kier alpha value is -1.31. The smallest absolute Gasteiger partial charge is 0.311 e. The molecule has 0 bridgehead atoms. The van der Waals surface area contributed by atoms with Crippen molar-refractivity contribution in [2.45, 2.75) is 91.9 Å². The number of rotatable bonds is 14. The maximum atomic E-state index is 11.6. The first-order valence-corrected chi connectivity index (χ1v) is 10.1. The standard InChI is InChI=1S/C23H40O2/c1-5-6-7-8-9-10-11-12-13-14-15-16-17-18-19-20-21-25-22(24)23(2,3)4/h6-7,9-10,12-13H,5,8,11,14-21H2,1-4H3. The van der Waals surface area contributed by atoms with Crippen molar-refractivity contribution in [2.75, 3.05) is 6.61 Å². The number of hydrogen-bond acceptors (Lipinski definition) is 2. The fourth-order valence-corrected chi connectivity index (χ4v) is 2.28. The van der Waals surface area contributed by atoms with Crippen LogP contribution >= 0.6 is 0 Å². The summed E-state index contributed by atoms with van der Waals surface area (Å²) in [6.45, 7) is 8.41. The Balaban J connectivity index is 3.32. The minimum Gasteiger partial charge on any atom is -0.465 e. The zero-order valence-electron chi connectivity index (χ0n) is 17.1. The molecule has 0 radical (unpaired) electrons. The molecule has 0 fully saturated rings. The van der Waals surface area contributed by atoms with Crippen LogP contribution in [-0.4, -0.2) is 12.6 Å². The zero-order chi connectivity index (χ0) is 18.8. The molecule has 0 atom stereocenters. The molecule has 0 aromatic carbocycles. The molecule has 0 aliphatic heterocycles. The van der Waals surface area contributed by atoms with E-state index in [0.717, 1.165) is 32.1 Å². The molecule has 0 heterocycles. The van der Waals surface area contributed by atoms with Crippen molar-refractivity contribution in [1.82, 2.24) is 0 Å². The lowest BCUT2D eigenvalue weighted by Gasteiger charge is -2.16. The van der Waals surface area contributed by atoms with Gasteiger partial charge < -0.3 is 4.74 Å². The molecule has 0 aromatic rings. The predicted octanol–water partition coefficient (Wildman–Crippen LogP) is 7.17. The monoisotopic (exact) mass is 348 g/mol. The van der Waals surface area contributed by atoms with E-state index >= 15 is 0 Å². The summed E-state index contributed by atoms with van der Waals surface area (Å²) in [7, 11) is 0. The SMILES string of the molecule is CCC=CCC=CCC=CCCCCCCCCOC(=O)C(C)(C)C. The lowest BCUT2D eigenvalue weighted by molar-refractivity contribution is -0.153. The van der Waals surface area contributed by atoms with Crippen molar-refractivity contribution >= 4 is 5.97 Å². The largest absolute Gasteiger partial charge is 0.465 e. The molecule has 0 saturated heterocycles. The molecular weight excluding hydrogens is 308 g/mol. The van der Waals surface area contributed by atoms with Gasteiger partial charge in [-0.15, -0.1) is 0 Å². The average Bonchev–Trinajstić information content (AvgIpc) is 2.56. The van der Waals surface area contributed by atoms with Gasteiger partial charge in [0.2, 0.25) is 0 Å².